The van der Waals surface area contributed by atoms with Crippen molar-refractivity contribution in [2.24, 2.45) is 17.8 Å². The zero-order chi connectivity index (χ0) is 15.5. The third kappa shape index (κ3) is 3.74. The van der Waals surface area contributed by atoms with Crippen molar-refractivity contribution < 1.29 is 0 Å². The van der Waals surface area contributed by atoms with E-state index in [0.29, 0.717) is 7.92 Å². The van der Waals surface area contributed by atoms with E-state index in [9.17, 15) is 0 Å². The molecule has 0 bridgehead atoms. The molecule has 3 aliphatic rings. The molecule has 0 aliphatic heterocycles. The zero-order valence-electron chi connectivity index (χ0n) is 15.4. The van der Waals surface area contributed by atoms with Crippen molar-refractivity contribution in [1.29, 1.82) is 0 Å². The first-order chi connectivity index (χ1) is 10.7. The van der Waals surface area contributed by atoms with Crippen LogP contribution in [0.15, 0.2) is 0 Å². The molecule has 22 heavy (non-hydrogen) atoms. The lowest BCUT2D eigenvalue weighted by Crippen LogP contribution is -2.19. The lowest BCUT2D eigenvalue weighted by Gasteiger charge is -2.36. The molecule has 6 unspecified atom stereocenters. The summed E-state index contributed by atoms with van der Waals surface area (Å²) in [7, 11) is 0.339. The summed E-state index contributed by atoms with van der Waals surface area (Å²) < 4.78 is 0. The van der Waals surface area contributed by atoms with Crippen LogP contribution in [0.5, 0.6) is 0 Å². The maximum absolute atomic E-state index is 2.43. The van der Waals surface area contributed by atoms with Gasteiger partial charge in [0.05, 0.1) is 0 Å². The van der Waals surface area contributed by atoms with E-state index < -0.39 is 0 Å². The molecule has 0 aromatic heterocycles. The van der Waals surface area contributed by atoms with Crippen LogP contribution in [-0.2, 0) is 0 Å². The molecule has 3 aliphatic carbocycles. The van der Waals surface area contributed by atoms with Crippen molar-refractivity contribution in [3.05, 3.63) is 0 Å². The smallest absolute Gasteiger partial charge is 0.0201 e. The van der Waals surface area contributed by atoms with E-state index >= 15 is 0 Å². The Bertz CT molecular complexity index is 286. The van der Waals surface area contributed by atoms with Crippen LogP contribution in [0, 0.1) is 17.8 Å². The van der Waals surface area contributed by atoms with Gasteiger partial charge in [0.2, 0.25) is 0 Å². The highest BCUT2D eigenvalue weighted by molar-refractivity contribution is 7.60. The number of hydrogen-bond acceptors (Lipinski definition) is 0. The van der Waals surface area contributed by atoms with Crippen molar-refractivity contribution in [2.75, 3.05) is 0 Å². The summed E-state index contributed by atoms with van der Waals surface area (Å²) in [4.78, 5) is 0. The minimum absolute atomic E-state index is 0.339. The number of hydrogen-bond donors (Lipinski definition) is 0. The quantitative estimate of drug-likeness (QED) is 0.453. The molecule has 1 heteroatoms. The summed E-state index contributed by atoms with van der Waals surface area (Å²) in [5.74, 6) is 3.25. The lowest BCUT2D eigenvalue weighted by molar-refractivity contribution is 0.525. The normalized spacial score (nSPS) is 43.8. The average molecular weight is 323 g/mol. The largest absolute Gasteiger partial charge is 0.0971 e. The van der Waals surface area contributed by atoms with E-state index in [0.717, 1.165) is 17.8 Å². The summed E-state index contributed by atoms with van der Waals surface area (Å²) in [5, 5.41) is 0. The third-order valence-corrected chi connectivity index (χ3v) is 11.5. The molecule has 0 N–H and O–H groups in total. The summed E-state index contributed by atoms with van der Waals surface area (Å²) >= 11 is 0. The highest BCUT2D eigenvalue weighted by Gasteiger charge is 2.43. The van der Waals surface area contributed by atoms with Gasteiger partial charge in [0.25, 0.3) is 0 Å². The second-order valence-corrected chi connectivity index (χ2v) is 11.8. The first-order valence-electron chi connectivity index (χ1n) is 10.5. The molecule has 0 amide bonds. The van der Waals surface area contributed by atoms with Crippen molar-refractivity contribution >= 4 is 7.92 Å². The Labute approximate surface area is 141 Å². The SMILES string of the molecule is CCC1CCC(P(C2CCC(CC)C2)C2CCC(CC)C2)C1. The molecular formula is C21H39P. The minimum Gasteiger partial charge on any atom is -0.0971 e. The predicted octanol–water partition coefficient (Wildman–Crippen LogP) is 7.20. The second-order valence-electron chi connectivity index (χ2n) is 8.67. The average Bonchev–Trinajstić information content (AvgIpc) is 3.28. The van der Waals surface area contributed by atoms with Crippen molar-refractivity contribution in [2.45, 2.75) is 115 Å². The van der Waals surface area contributed by atoms with Crippen molar-refractivity contribution in [1.82, 2.24) is 0 Å². The summed E-state index contributed by atoms with van der Waals surface area (Å²) in [5.41, 5.74) is 3.50. The summed E-state index contributed by atoms with van der Waals surface area (Å²) in [6.07, 6.45) is 18.7. The molecule has 0 saturated heterocycles. The number of rotatable bonds is 6. The maximum atomic E-state index is 2.43. The van der Waals surface area contributed by atoms with Crippen molar-refractivity contribution in [3.8, 4) is 0 Å². The Morgan fingerprint density at radius 3 is 1.09 bits per heavy atom. The van der Waals surface area contributed by atoms with Crippen LogP contribution in [0.3, 0.4) is 0 Å². The van der Waals surface area contributed by atoms with Crippen molar-refractivity contribution in [3.63, 3.8) is 0 Å². The third-order valence-electron chi connectivity index (χ3n) is 7.54. The van der Waals surface area contributed by atoms with Crippen LogP contribution in [0.1, 0.15) is 97.8 Å². The monoisotopic (exact) mass is 322 g/mol. The topological polar surface area (TPSA) is 0 Å². The van der Waals surface area contributed by atoms with E-state index in [4.69, 9.17) is 0 Å². The Morgan fingerprint density at radius 2 is 0.864 bits per heavy atom. The Hall–Kier alpha value is 0.430. The van der Waals surface area contributed by atoms with Gasteiger partial charge in [-0.1, -0.05) is 48.0 Å². The molecule has 3 rings (SSSR count). The van der Waals surface area contributed by atoms with Gasteiger partial charge in [-0.25, -0.2) is 0 Å². The van der Waals surface area contributed by atoms with Gasteiger partial charge in [-0.05, 0) is 92.5 Å². The fourth-order valence-corrected chi connectivity index (χ4v) is 10.7. The van der Waals surface area contributed by atoms with Gasteiger partial charge in [0, 0.05) is 0 Å². The Morgan fingerprint density at radius 1 is 0.545 bits per heavy atom. The Kier molecular flexibility index (Phi) is 6.28. The zero-order valence-corrected chi connectivity index (χ0v) is 16.3. The first-order valence-corrected chi connectivity index (χ1v) is 12.1. The minimum atomic E-state index is 0.339. The van der Waals surface area contributed by atoms with Gasteiger partial charge in [0.1, 0.15) is 0 Å². The van der Waals surface area contributed by atoms with E-state index in [1.807, 2.05) is 0 Å². The Balaban J connectivity index is 1.68. The van der Waals surface area contributed by atoms with Crippen LogP contribution >= 0.6 is 7.92 Å². The molecular weight excluding hydrogens is 283 g/mol. The van der Waals surface area contributed by atoms with E-state index in [1.165, 1.54) is 36.2 Å². The van der Waals surface area contributed by atoms with Gasteiger partial charge >= 0.3 is 0 Å². The molecule has 3 fully saturated rings. The first kappa shape index (κ1) is 17.3. The standard InChI is InChI=1S/C21H39P/c1-4-16-7-10-19(13-16)22(20-11-8-17(5-2)14-20)21-12-9-18(6-3)15-21/h16-21H,4-15H2,1-3H3. The van der Waals surface area contributed by atoms with Gasteiger partial charge < -0.3 is 0 Å². The molecule has 3 saturated carbocycles. The lowest BCUT2D eigenvalue weighted by atomic mass is 10.1. The molecule has 128 valence electrons. The van der Waals surface area contributed by atoms with Crippen LogP contribution in [0.25, 0.3) is 0 Å². The molecule has 0 nitrogen and oxygen atoms in total. The maximum Gasteiger partial charge on any atom is -0.0201 e. The summed E-state index contributed by atoms with van der Waals surface area (Å²) in [6, 6.07) is 0. The van der Waals surface area contributed by atoms with Crippen LogP contribution in [0.2, 0.25) is 0 Å². The molecule has 0 heterocycles. The molecule has 0 spiro atoms. The van der Waals surface area contributed by atoms with Crippen LogP contribution in [-0.4, -0.2) is 17.0 Å². The van der Waals surface area contributed by atoms with Gasteiger partial charge in [-0.3, -0.25) is 0 Å². The van der Waals surface area contributed by atoms with Crippen LogP contribution in [0.4, 0.5) is 0 Å². The molecule has 0 aromatic rings. The molecule has 0 radical (unpaired) electrons. The van der Waals surface area contributed by atoms with E-state index in [2.05, 4.69) is 20.8 Å². The second kappa shape index (κ2) is 8.00. The van der Waals surface area contributed by atoms with Gasteiger partial charge in [0.15, 0.2) is 0 Å². The van der Waals surface area contributed by atoms with Crippen LogP contribution < -0.4 is 0 Å². The van der Waals surface area contributed by atoms with Gasteiger partial charge in [-0.2, -0.15) is 0 Å². The van der Waals surface area contributed by atoms with E-state index in [1.54, 1.807) is 57.8 Å². The fourth-order valence-electron chi connectivity index (χ4n) is 5.96. The summed E-state index contributed by atoms with van der Waals surface area (Å²) in [6.45, 7) is 7.29. The van der Waals surface area contributed by atoms with E-state index in [-0.39, 0.29) is 0 Å². The predicted molar refractivity (Wildman–Crippen MR) is 101 cm³/mol. The molecule has 0 aromatic carbocycles. The van der Waals surface area contributed by atoms with Gasteiger partial charge in [-0.15, -0.1) is 0 Å². The fraction of sp³-hybridized carbons (Fsp3) is 1.00. The highest BCUT2D eigenvalue weighted by Crippen LogP contribution is 2.65. The highest BCUT2D eigenvalue weighted by atomic mass is 31.1. The molecule has 6 atom stereocenters.